The Balaban J connectivity index is 0.00000324. The van der Waals surface area contributed by atoms with Crippen molar-refractivity contribution in [3.63, 3.8) is 0 Å². The van der Waals surface area contributed by atoms with E-state index in [0.717, 1.165) is 30.8 Å². The number of nitrogens with zero attached hydrogens (tertiary/aromatic N) is 1. The summed E-state index contributed by atoms with van der Waals surface area (Å²) in [6.07, 6.45) is 3.09. The molecule has 19 heavy (non-hydrogen) atoms. The van der Waals surface area contributed by atoms with Crippen LogP contribution in [0.3, 0.4) is 0 Å². The fourth-order valence-corrected chi connectivity index (χ4v) is 1.95. The van der Waals surface area contributed by atoms with Gasteiger partial charge in [-0.3, -0.25) is 5.41 Å². The Morgan fingerprint density at radius 3 is 2.53 bits per heavy atom. The lowest BCUT2D eigenvalue weighted by Crippen LogP contribution is -2.04. The largest absolute Gasteiger partial charge is 0.494 e. The van der Waals surface area contributed by atoms with E-state index in [2.05, 4.69) is 6.07 Å². The van der Waals surface area contributed by atoms with Crippen molar-refractivity contribution in [3.05, 3.63) is 29.8 Å². The molecule has 0 saturated heterocycles. The molecular formula is C13H18ClN3OS. The van der Waals surface area contributed by atoms with Crippen molar-refractivity contribution in [3.8, 4) is 11.8 Å². The third kappa shape index (κ3) is 8.36. The summed E-state index contributed by atoms with van der Waals surface area (Å²) in [7, 11) is 0. The van der Waals surface area contributed by atoms with Crippen LogP contribution >= 0.6 is 24.2 Å². The van der Waals surface area contributed by atoms with E-state index in [1.54, 1.807) is 12.1 Å². The number of unbranched alkanes of at least 4 members (excludes halogenated alkanes) is 2. The number of thioether (sulfide) groups is 1. The maximum atomic E-state index is 8.65. The van der Waals surface area contributed by atoms with E-state index in [-0.39, 0.29) is 17.6 Å². The lowest BCUT2D eigenvalue weighted by atomic mass is 10.2. The van der Waals surface area contributed by atoms with E-state index >= 15 is 0 Å². The number of rotatable bonds is 7. The SMILES string of the molecule is Cl.N#Cc1ccc(OCCCCCSC(=N)N)cc1. The molecule has 0 aromatic heterocycles. The van der Waals surface area contributed by atoms with E-state index < -0.39 is 0 Å². The Morgan fingerprint density at radius 1 is 1.26 bits per heavy atom. The zero-order valence-electron chi connectivity index (χ0n) is 10.6. The number of benzene rings is 1. The molecule has 0 atom stereocenters. The van der Waals surface area contributed by atoms with Gasteiger partial charge in [-0.15, -0.1) is 12.4 Å². The van der Waals surface area contributed by atoms with Crippen LogP contribution in [0, 0.1) is 16.7 Å². The number of nitrogens with one attached hydrogen (secondary N) is 1. The summed E-state index contributed by atoms with van der Waals surface area (Å²) in [5.41, 5.74) is 5.87. The van der Waals surface area contributed by atoms with Crippen molar-refractivity contribution >= 4 is 29.3 Å². The molecule has 0 aliphatic carbocycles. The van der Waals surface area contributed by atoms with Crippen LogP contribution in [0.15, 0.2) is 24.3 Å². The fourth-order valence-electron chi connectivity index (χ4n) is 1.38. The Morgan fingerprint density at radius 2 is 1.95 bits per heavy atom. The van der Waals surface area contributed by atoms with E-state index in [0.29, 0.717) is 12.2 Å². The number of hydrogen-bond donors (Lipinski definition) is 2. The first kappa shape index (κ1) is 17.6. The van der Waals surface area contributed by atoms with Crippen molar-refractivity contribution in [2.24, 2.45) is 5.73 Å². The van der Waals surface area contributed by atoms with Gasteiger partial charge in [0.05, 0.1) is 18.2 Å². The van der Waals surface area contributed by atoms with Gasteiger partial charge in [0, 0.05) is 5.75 Å². The Labute approximate surface area is 124 Å². The molecular weight excluding hydrogens is 282 g/mol. The van der Waals surface area contributed by atoms with Gasteiger partial charge in [-0.1, -0.05) is 11.8 Å². The molecule has 1 rings (SSSR count). The predicted molar refractivity (Wildman–Crippen MR) is 82.1 cm³/mol. The molecule has 0 fully saturated rings. The van der Waals surface area contributed by atoms with Crippen LogP contribution in [-0.2, 0) is 0 Å². The molecule has 6 heteroatoms. The maximum absolute atomic E-state index is 8.65. The molecule has 0 aliphatic rings. The standard InChI is InChI=1S/C13H17N3OS.ClH/c14-10-11-4-6-12(7-5-11)17-8-2-1-3-9-18-13(15)16;/h4-7H,1-3,8-9H2,(H3,15,16);1H. The number of nitriles is 1. The molecule has 0 amide bonds. The highest BCUT2D eigenvalue weighted by Crippen LogP contribution is 2.12. The number of amidine groups is 1. The molecule has 0 aliphatic heterocycles. The average Bonchev–Trinajstić information content (AvgIpc) is 2.38. The van der Waals surface area contributed by atoms with Gasteiger partial charge in [0.15, 0.2) is 5.17 Å². The second-order valence-electron chi connectivity index (χ2n) is 3.76. The monoisotopic (exact) mass is 299 g/mol. The topological polar surface area (TPSA) is 82.9 Å². The Kier molecular flexibility index (Phi) is 9.77. The van der Waals surface area contributed by atoms with Crippen LogP contribution in [0.2, 0.25) is 0 Å². The van der Waals surface area contributed by atoms with Crippen molar-refractivity contribution < 1.29 is 4.74 Å². The van der Waals surface area contributed by atoms with Gasteiger partial charge in [0.25, 0.3) is 0 Å². The molecule has 1 aromatic carbocycles. The van der Waals surface area contributed by atoms with Gasteiger partial charge in [0.2, 0.25) is 0 Å². The van der Waals surface area contributed by atoms with Crippen molar-refractivity contribution in [1.82, 2.24) is 0 Å². The third-order valence-corrected chi connectivity index (χ3v) is 3.10. The molecule has 1 aromatic rings. The number of halogens is 1. The zero-order chi connectivity index (χ0) is 13.2. The molecule has 0 saturated carbocycles. The summed E-state index contributed by atoms with van der Waals surface area (Å²) in [6.45, 7) is 0.677. The van der Waals surface area contributed by atoms with Crippen LogP contribution in [0.1, 0.15) is 24.8 Å². The highest BCUT2D eigenvalue weighted by Gasteiger charge is 1.96. The van der Waals surface area contributed by atoms with Crippen molar-refractivity contribution in [2.45, 2.75) is 19.3 Å². The summed E-state index contributed by atoms with van der Waals surface area (Å²) in [6, 6.07) is 9.19. The zero-order valence-corrected chi connectivity index (χ0v) is 12.2. The van der Waals surface area contributed by atoms with E-state index in [1.165, 1.54) is 11.8 Å². The number of ether oxygens (including phenoxy) is 1. The third-order valence-electron chi connectivity index (χ3n) is 2.30. The van der Waals surface area contributed by atoms with Crippen LogP contribution in [0.5, 0.6) is 5.75 Å². The summed E-state index contributed by atoms with van der Waals surface area (Å²) in [4.78, 5) is 0. The number of nitrogens with two attached hydrogens (primary N) is 1. The summed E-state index contributed by atoms with van der Waals surface area (Å²) < 4.78 is 5.55. The smallest absolute Gasteiger partial charge is 0.151 e. The lowest BCUT2D eigenvalue weighted by Gasteiger charge is -2.05. The van der Waals surface area contributed by atoms with E-state index in [4.69, 9.17) is 21.1 Å². The predicted octanol–water partition coefficient (Wildman–Crippen LogP) is 3.16. The molecule has 0 spiro atoms. The van der Waals surface area contributed by atoms with Crippen LogP contribution in [-0.4, -0.2) is 17.5 Å². The van der Waals surface area contributed by atoms with E-state index in [1.807, 2.05) is 12.1 Å². The molecule has 3 N–H and O–H groups in total. The highest BCUT2D eigenvalue weighted by atomic mass is 35.5. The first-order chi connectivity index (χ1) is 8.72. The van der Waals surface area contributed by atoms with Crippen molar-refractivity contribution in [1.29, 1.82) is 10.7 Å². The molecule has 0 heterocycles. The van der Waals surface area contributed by atoms with Crippen LogP contribution in [0.25, 0.3) is 0 Å². The minimum atomic E-state index is 0. The summed E-state index contributed by atoms with van der Waals surface area (Å²) >= 11 is 1.38. The van der Waals surface area contributed by atoms with Gasteiger partial charge in [-0.25, -0.2) is 0 Å². The molecule has 4 nitrogen and oxygen atoms in total. The highest BCUT2D eigenvalue weighted by molar-refractivity contribution is 8.13. The van der Waals surface area contributed by atoms with Crippen molar-refractivity contribution in [2.75, 3.05) is 12.4 Å². The number of hydrogen-bond acceptors (Lipinski definition) is 4. The van der Waals surface area contributed by atoms with Crippen LogP contribution < -0.4 is 10.5 Å². The first-order valence-corrected chi connectivity index (χ1v) is 6.80. The lowest BCUT2D eigenvalue weighted by molar-refractivity contribution is 0.306. The second-order valence-corrected chi connectivity index (χ2v) is 4.89. The minimum Gasteiger partial charge on any atom is -0.494 e. The minimum absolute atomic E-state index is 0. The summed E-state index contributed by atoms with van der Waals surface area (Å²) in [5.74, 6) is 1.69. The molecule has 104 valence electrons. The molecule has 0 radical (unpaired) electrons. The fraction of sp³-hybridized carbons (Fsp3) is 0.385. The quantitative estimate of drug-likeness (QED) is 0.460. The Bertz CT molecular complexity index is 417. The van der Waals surface area contributed by atoms with Crippen LogP contribution in [0.4, 0.5) is 0 Å². The maximum Gasteiger partial charge on any atom is 0.151 e. The second kappa shape index (κ2) is 10.5. The van der Waals surface area contributed by atoms with Gasteiger partial charge in [-0.05, 0) is 43.5 Å². The van der Waals surface area contributed by atoms with Gasteiger partial charge < -0.3 is 10.5 Å². The van der Waals surface area contributed by atoms with E-state index in [9.17, 15) is 0 Å². The molecule has 0 unspecified atom stereocenters. The average molecular weight is 300 g/mol. The first-order valence-electron chi connectivity index (χ1n) is 5.82. The summed E-state index contributed by atoms with van der Waals surface area (Å²) in [5, 5.41) is 15.9. The van der Waals surface area contributed by atoms with Gasteiger partial charge in [-0.2, -0.15) is 5.26 Å². The normalized spacial score (nSPS) is 9.21. The Hall–Kier alpha value is -1.38. The van der Waals surface area contributed by atoms with Gasteiger partial charge >= 0.3 is 0 Å². The molecule has 0 bridgehead atoms. The van der Waals surface area contributed by atoms with Gasteiger partial charge in [0.1, 0.15) is 5.75 Å².